The maximum absolute atomic E-state index is 11.1. The molecule has 13 heavy (non-hydrogen) atoms. The van der Waals surface area contributed by atoms with E-state index in [2.05, 4.69) is 5.48 Å². The minimum atomic E-state index is -0.207. The molecule has 0 aliphatic rings. The van der Waals surface area contributed by atoms with Crippen LogP contribution in [0.25, 0.3) is 0 Å². The molecule has 0 rings (SSSR count). The van der Waals surface area contributed by atoms with Crippen LogP contribution >= 0.6 is 0 Å². The summed E-state index contributed by atoms with van der Waals surface area (Å²) in [7, 11) is 3.49. The van der Waals surface area contributed by atoms with Crippen LogP contribution in [0.1, 0.15) is 27.2 Å². The number of hydroxylamine groups is 1. The third-order valence-corrected chi connectivity index (χ3v) is 1.32. The fourth-order valence-electron chi connectivity index (χ4n) is 0.649. The maximum atomic E-state index is 11.1. The van der Waals surface area contributed by atoms with Crippen LogP contribution in [-0.4, -0.2) is 37.0 Å². The number of hydrogen-bond donors (Lipinski definition) is 1. The summed E-state index contributed by atoms with van der Waals surface area (Å²) in [5, 5.41) is 0. The second-order valence-electron chi connectivity index (χ2n) is 4.15. The summed E-state index contributed by atoms with van der Waals surface area (Å²) in [6.07, 6.45) is 0.461. The predicted molar refractivity (Wildman–Crippen MR) is 52.2 cm³/mol. The van der Waals surface area contributed by atoms with Gasteiger partial charge in [-0.05, 0) is 20.8 Å². The molecule has 0 atom stereocenters. The fourth-order valence-corrected chi connectivity index (χ4v) is 0.649. The Bertz CT molecular complexity index is 161. The zero-order chi connectivity index (χ0) is 10.5. The van der Waals surface area contributed by atoms with Crippen LogP contribution in [0.3, 0.4) is 0 Å². The van der Waals surface area contributed by atoms with E-state index in [1.807, 2.05) is 20.8 Å². The summed E-state index contributed by atoms with van der Waals surface area (Å²) in [5.41, 5.74) is 2.56. The predicted octanol–water partition coefficient (Wildman–Crippen LogP) is 0.784. The Hall–Kier alpha value is -0.610. The molecule has 0 aliphatic carbocycles. The Morgan fingerprint density at radius 2 is 1.92 bits per heavy atom. The maximum Gasteiger partial charge on any atom is 0.223 e. The zero-order valence-corrected chi connectivity index (χ0v) is 9.18. The van der Waals surface area contributed by atoms with E-state index in [0.717, 1.165) is 0 Å². The molecule has 0 spiro atoms. The first-order valence-corrected chi connectivity index (χ1v) is 4.44. The van der Waals surface area contributed by atoms with Crippen molar-refractivity contribution in [1.82, 2.24) is 10.4 Å². The normalized spacial score (nSPS) is 11.5. The zero-order valence-electron chi connectivity index (χ0n) is 9.18. The van der Waals surface area contributed by atoms with Crippen molar-refractivity contribution in [1.29, 1.82) is 0 Å². The van der Waals surface area contributed by atoms with Crippen LogP contribution in [0.4, 0.5) is 0 Å². The largest absolute Gasteiger partial charge is 0.349 e. The summed E-state index contributed by atoms with van der Waals surface area (Å²) < 4.78 is 0. The second kappa shape index (κ2) is 5.19. The van der Waals surface area contributed by atoms with Gasteiger partial charge in [-0.25, -0.2) is 5.48 Å². The third-order valence-electron chi connectivity index (χ3n) is 1.32. The van der Waals surface area contributed by atoms with E-state index in [9.17, 15) is 4.79 Å². The molecule has 4 nitrogen and oxygen atoms in total. The SMILES string of the molecule is CN(C)C(=O)CCNOC(C)(C)C. The first-order valence-electron chi connectivity index (χ1n) is 4.44. The van der Waals surface area contributed by atoms with Crippen molar-refractivity contribution in [3.05, 3.63) is 0 Å². The van der Waals surface area contributed by atoms with Gasteiger partial charge >= 0.3 is 0 Å². The first-order chi connectivity index (χ1) is 5.83. The Kier molecular flexibility index (Phi) is 4.95. The van der Waals surface area contributed by atoms with Crippen LogP contribution in [0.2, 0.25) is 0 Å². The molecule has 0 aromatic rings. The van der Waals surface area contributed by atoms with Gasteiger partial charge in [-0.15, -0.1) is 0 Å². The van der Waals surface area contributed by atoms with Crippen molar-refractivity contribution in [2.75, 3.05) is 20.6 Å². The minimum Gasteiger partial charge on any atom is -0.349 e. The average Bonchev–Trinajstić information content (AvgIpc) is 1.95. The lowest BCUT2D eigenvalue weighted by Gasteiger charge is -2.19. The summed E-state index contributed by atoms with van der Waals surface area (Å²) in [4.78, 5) is 17.9. The highest BCUT2D eigenvalue weighted by atomic mass is 16.7. The highest BCUT2D eigenvalue weighted by Crippen LogP contribution is 2.03. The van der Waals surface area contributed by atoms with Crippen molar-refractivity contribution >= 4 is 5.91 Å². The Morgan fingerprint density at radius 1 is 1.38 bits per heavy atom. The fraction of sp³-hybridized carbons (Fsp3) is 0.889. The number of nitrogens with zero attached hydrogens (tertiary/aromatic N) is 1. The van der Waals surface area contributed by atoms with Crippen LogP contribution in [-0.2, 0) is 9.63 Å². The van der Waals surface area contributed by atoms with E-state index in [0.29, 0.717) is 13.0 Å². The van der Waals surface area contributed by atoms with E-state index < -0.39 is 0 Å². The van der Waals surface area contributed by atoms with Gasteiger partial charge < -0.3 is 4.90 Å². The molecule has 1 amide bonds. The molecule has 1 N–H and O–H groups in total. The number of hydrogen-bond acceptors (Lipinski definition) is 3. The minimum absolute atomic E-state index is 0.102. The van der Waals surface area contributed by atoms with Crippen LogP contribution < -0.4 is 5.48 Å². The van der Waals surface area contributed by atoms with Gasteiger partial charge in [0.2, 0.25) is 5.91 Å². The van der Waals surface area contributed by atoms with E-state index >= 15 is 0 Å². The van der Waals surface area contributed by atoms with Gasteiger partial charge in [-0.1, -0.05) is 0 Å². The molecule has 0 aromatic carbocycles. The number of nitrogens with one attached hydrogen (secondary N) is 1. The Morgan fingerprint density at radius 3 is 2.31 bits per heavy atom. The Balaban J connectivity index is 3.42. The average molecular weight is 188 g/mol. The highest BCUT2D eigenvalue weighted by Gasteiger charge is 2.10. The van der Waals surface area contributed by atoms with Crippen LogP contribution in [0.15, 0.2) is 0 Å². The van der Waals surface area contributed by atoms with Crippen molar-refractivity contribution in [3.8, 4) is 0 Å². The Labute approximate surface area is 80.2 Å². The topological polar surface area (TPSA) is 41.6 Å². The molecular weight excluding hydrogens is 168 g/mol. The van der Waals surface area contributed by atoms with Gasteiger partial charge in [0.15, 0.2) is 0 Å². The molecule has 0 aliphatic heterocycles. The number of amides is 1. The molecule has 0 saturated heterocycles. The quantitative estimate of drug-likeness (QED) is 0.524. The molecule has 0 unspecified atom stereocenters. The highest BCUT2D eigenvalue weighted by molar-refractivity contribution is 5.75. The number of carbonyl (C=O) groups excluding carboxylic acids is 1. The molecule has 0 heterocycles. The van der Waals surface area contributed by atoms with Crippen LogP contribution in [0, 0.1) is 0 Å². The van der Waals surface area contributed by atoms with Gasteiger partial charge in [-0.2, -0.15) is 0 Å². The molecule has 78 valence electrons. The summed E-state index contributed by atoms with van der Waals surface area (Å²) in [6, 6.07) is 0. The number of carbonyl (C=O) groups is 1. The molecular formula is C9H20N2O2. The lowest BCUT2D eigenvalue weighted by Crippen LogP contribution is -2.32. The van der Waals surface area contributed by atoms with Gasteiger partial charge in [0.25, 0.3) is 0 Å². The van der Waals surface area contributed by atoms with Gasteiger partial charge in [0.05, 0.1) is 5.60 Å². The van der Waals surface area contributed by atoms with E-state index in [4.69, 9.17) is 4.84 Å². The van der Waals surface area contributed by atoms with E-state index in [1.165, 1.54) is 0 Å². The summed E-state index contributed by atoms with van der Waals surface area (Å²) >= 11 is 0. The first kappa shape index (κ1) is 12.4. The number of rotatable bonds is 4. The molecule has 0 fully saturated rings. The van der Waals surface area contributed by atoms with Gasteiger partial charge in [0, 0.05) is 27.1 Å². The van der Waals surface area contributed by atoms with Gasteiger partial charge in [0.1, 0.15) is 0 Å². The summed E-state index contributed by atoms with van der Waals surface area (Å²) in [6.45, 7) is 6.41. The standard InChI is InChI=1S/C9H20N2O2/c1-9(2,3)13-10-7-6-8(12)11(4)5/h10H,6-7H2,1-5H3. The van der Waals surface area contributed by atoms with Crippen molar-refractivity contribution < 1.29 is 9.63 Å². The molecule has 0 radical (unpaired) electrons. The molecule has 0 bridgehead atoms. The van der Waals surface area contributed by atoms with E-state index in [1.54, 1.807) is 19.0 Å². The lowest BCUT2D eigenvalue weighted by molar-refractivity contribution is -0.130. The van der Waals surface area contributed by atoms with Crippen molar-refractivity contribution in [2.45, 2.75) is 32.8 Å². The van der Waals surface area contributed by atoms with Gasteiger partial charge in [-0.3, -0.25) is 9.63 Å². The van der Waals surface area contributed by atoms with Crippen molar-refractivity contribution in [3.63, 3.8) is 0 Å². The smallest absolute Gasteiger partial charge is 0.223 e. The second-order valence-corrected chi connectivity index (χ2v) is 4.15. The molecule has 0 aromatic heterocycles. The lowest BCUT2D eigenvalue weighted by atomic mass is 10.2. The molecule has 0 saturated carbocycles. The van der Waals surface area contributed by atoms with Crippen LogP contribution in [0.5, 0.6) is 0 Å². The molecule has 4 heteroatoms. The summed E-state index contributed by atoms with van der Waals surface area (Å²) in [5.74, 6) is 0.102. The monoisotopic (exact) mass is 188 g/mol. The third kappa shape index (κ3) is 7.74. The van der Waals surface area contributed by atoms with E-state index in [-0.39, 0.29) is 11.5 Å². The van der Waals surface area contributed by atoms with Crippen molar-refractivity contribution in [2.24, 2.45) is 0 Å².